The summed E-state index contributed by atoms with van der Waals surface area (Å²) in [4.78, 5) is 9.05. The average molecular weight is 700 g/mol. The molecular weight excluding hydrogens is 686 g/mol. The van der Waals surface area contributed by atoms with Crippen LogP contribution in [-0.2, 0) is 13.6 Å². The van der Waals surface area contributed by atoms with Crippen molar-refractivity contribution in [3.05, 3.63) is 0 Å². The summed E-state index contributed by atoms with van der Waals surface area (Å²) < 4.78 is 298. The zero-order valence-corrected chi connectivity index (χ0v) is 20.5. The predicted octanol–water partition coefficient (Wildman–Crippen LogP) is 8.59. The summed E-state index contributed by atoms with van der Waals surface area (Å²) in [5, 5.41) is 0. The van der Waals surface area contributed by atoms with E-state index in [1.54, 1.807) is 0 Å². The molecule has 0 heterocycles. The fraction of sp³-hybridized carbons (Fsp3) is 1.00. The third-order valence-electron chi connectivity index (χ3n) is 5.00. The molecule has 0 aliphatic heterocycles. The molecule has 0 aliphatic carbocycles. The molecule has 0 saturated heterocycles. The van der Waals surface area contributed by atoms with Crippen LogP contribution in [0.2, 0.25) is 0 Å². The van der Waals surface area contributed by atoms with Gasteiger partial charge in [-0.25, -0.2) is 4.57 Å². The molecule has 0 spiro atoms. The van der Waals surface area contributed by atoms with Crippen molar-refractivity contribution in [2.75, 3.05) is 13.2 Å². The Labute approximate surface area is 218 Å². The molecule has 0 aromatic heterocycles. The molecule has 0 amide bonds. The Hall–Kier alpha value is -1.36. The molecule has 1 N–H and O–H groups in total. The van der Waals surface area contributed by atoms with Crippen molar-refractivity contribution in [3.8, 4) is 0 Å². The minimum absolute atomic E-state index is 0.0406. The highest BCUT2D eigenvalue weighted by Gasteiger charge is 2.97. The Kier molecular flexibility index (Phi) is 11.2. The summed E-state index contributed by atoms with van der Waals surface area (Å²) in [6.45, 7) is -1.61. The normalized spacial score (nSPS) is 17.4. The number of rotatable bonds is 16. The summed E-state index contributed by atoms with van der Waals surface area (Å²) in [6, 6.07) is 0. The first-order chi connectivity index (χ1) is 18.0. The van der Waals surface area contributed by atoms with Crippen LogP contribution in [0.4, 0.5) is 92.2 Å². The second-order valence-electron chi connectivity index (χ2n) is 8.04. The summed E-state index contributed by atoms with van der Waals surface area (Å²) in [7, 11) is -5.47. The van der Waals surface area contributed by atoms with Gasteiger partial charge in [-0.3, -0.25) is 9.05 Å². The van der Waals surface area contributed by atoms with E-state index in [1.807, 2.05) is 0 Å². The highest BCUT2D eigenvalue weighted by molar-refractivity contribution is 7.47. The smallest absolute Gasteiger partial charge is 0.302 e. The molecule has 1 atom stereocenters. The van der Waals surface area contributed by atoms with Gasteiger partial charge in [0.15, 0.2) is 0 Å². The maximum absolute atomic E-state index is 13.8. The molecule has 0 bridgehead atoms. The van der Waals surface area contributed by atoms with Crippen molar-refractivity contribution in [1.29, 1.82) is 0 Å². The van der Waals surface area contributed by atoms with E-state index in [-0.39, 0.29) is 12.8 Å². The maximum atomic E-state index is 13.8. The van der Waals surface area contributed by atoms with Gasteiger partial charge in [-0.15, -0.1) is 0 Å². The molecule has 0 aromatic carbocycles. The lowest BCUT2D eigenvalue weighted by atomic mass is 9.86. The zero-order valence-electron chi connectivity index (χ0n) is 19.6. The molecule has 254 valence electrons. The van der Waals surface area contributed by atoms with Crippen LogP contribution >= 0.6 is 7.82 Å². The summed E-state index contributed by atoms with van der Waals surface area (Å²) in [5.74, 6) is -77.9. The Bertz CT molecular complexity index is 976. The Morgan fingerprint density at radius 1 is 0.500 bits per heavy atom. The first-order valence-corrected chi connectivity index (χ1v) is 11.6. The Morgan fingerprint density at radius 3 is 1.10 bits per heavy atom. The first-order valence-electron chi connectivity index (χ1n) is 10.1. The lowest BCUT2D eigenvalue weighted by molar-refractivity contribution is -0.474. The maximum Gasteiger partial charge on any atom is 0.472 e. The van der Waals surface area contributed by atoms with Crippen molar-refractivity contribution in [3.63, 3.8) is 0 Å². The molecule has 0 saturated carbocycles. The number of hydrogen-bond donors (Lipinski definition) is 1. The number of phosphoric ester groups is 1. The lowest BCUT2D eigenvalue weighted by Gasteiger charge is -2.44. The highest BCUT2D eigenvalue weighted by Crippen LogP contribution is 2.66. The fourth-order valence-corrected chi connectivity index (χ4v) is 3.15. The van der Waals surface area contributed by atoms with Crippen LogP contribution < -0.4 is 0 Å². The molecule has 0 rings (SSSR count). The van der Waals surface area contributed by atoms with Crippen molar-refractivity contribution >= 4 is 7.82 Å². The van der Waals surface area contributed by atoms with Gasteiger partial charge in [0.25, 0.3) is 0 Å². The van der Waals surface area contributed by atoms with Gasteiger partial charge in [0.05, 0.1) is 13.2 Å². The minimum atomic E-state index is -9.25. The second-order valence-corrected chi connectivity index (χ2v) is 9.49. The minimum Gasteiger partial charge on any atom is -0.302 e. The van der Waals surface area contributed by atoms with Gasteiger partial charge in [-0.1, -0.05) is 13.3 Å². The highest BCUT2D eigenvalue weighted by atomic mass is 31.2. The van der Waals surface area contributed by atoms with Gasteiger partial charge in [-0.05, 0) is 6.42 Å². The van der Waals surface area contributed by atoms with Crippen LogP contribution in [-0.4, -0.2) is 77.6 Å². The number of unbranched alkanes of at least 4 members (excludes halogenated alkanes) is 1. The largest absolute Gasteiger partial charge is 0.472 e. The third kappa shape index (κ3) is 6.24. The van der Waals surface area contributed by atoms with Gasteiger partial charge in [0, 0.05) is 6.42 Å². The molecule has 42 heavy (non-hydrogen) atoms. The number of phosphoric acid groups is 1. The van der Waals surface area contributed by atoms with Gasteiger partial charge >= 0.3 is 67.3 Å². The van der Waals surface area contributed by atoms with Crippen LogP contribution in [0, 0.1) is 0 Å². The van der Waals surface area contributed by atoms with Gasteiger partial charge < -0.3 is 4.89 Å². The van der Waals surface area contributed by atoms with Crippen LogP contribution in [0.25, 0.3) is 0 Å². The number of hydrogen-bond acceptors (Lipinski definition) is 3. The molecular formula is C16H14F21O4P. The van der Waals surface area contributed by atoms with Crippen LogP contribution in [0.15, 0.2) is 0 Å². The monoisotopic (exact) mass is 700 g/mol. The first kappa shape index (κ1) is 40.6. The Morgan fingerprint density at radius 2 is 0.786 bits per heavy atom. The van der Waals surface area contributed by atoms with E-state index in [0.29, 0.717) is 0 Å². The van der Waals surface area contributed by atoms with Crippen molar-refractivity contribution in [2.45, 2.75) is 85.7 Å². The van der Waals surface area contributed by atoms with E-state index >= 15 is 0 Å². The van der Waals surface area contributed by atoms with Crippen LogP contribution in [0.5, 0.6) is 0 Å². The molecule has 4 nitrogen and oxygen atoms in total. The predicted molar refractivity (Wildman–Crippen MR) is 91.8 cm³/mol. The van der Waals surface area contributed by atoms with E-state index in [0.717, 1.165) is 0 Å². The van der Waals surface area contributed by atoms with E-state index in [1.165, 1.54) is 6.92 Å². The SMILES string of the molecule is CCCCOP(=O)(O)OCCC(F)(F)C(F)(F)C(F)(F)C(F)(F)C(F)(F)C(F)(F)C(F)(F)C(F)(F)C(F)(F)C(F)(F)F. The van der Waals surface area contributed by atoms with Gasteiger partial charge in [0.1, 0.15) is 0 Å². The molecule has 0 fully saturated rings. The topological polar surface area (TPSA) is 55.8 Å². The Balaban J connectivity index is 6.58. The lowest BCUT2D eigenvalue weighted by Crippen LogP contribution is -2.76. The van der Waals surface area contributed by atoms with Gasteiger partial charge in [-0.2, -0.15) is 92.2 Å². The van der Waals surface area contributed by atoms with Crippen molar-refractivity contribution < 1.29 is 111 Å². The van der Waals surface area contributed by atoms with Crippen LogP contribution in [0.1, 0.15) is 26.2 Å². The average Bonchev–Trinajstić information content (AvgIpc) is 2.76. The van der Waals surface area contributed by atoms with Crippen LogP contribution in [0.3, 0.4) is 0 Å². The van der Waals surface area contributed by atoms with E-state index in [4.69, 9.17) is 4.89 Å². The second kappa shape index (κ2) is 11.5. The number of alkyl halides is 21. The van der Waals surface area contributed by atoms with Crippen molar-refractivity contribution in [1.82, 2.24) is 0 Å². The zero-order chi connectivity index (χ0) is 34.4. The van der Waals surface area contributed by atoms with Crippen molar-refractivity contribution in [2.24, 2.45) is 0 Å². The molecule has 0 aliphatic rings. The van der Waals surface area contributed by atoms with E-state index < -0.39 is 86.9 Å². The quantitative estimate of drug-likeness (QED) is 0.0997. The standard InChI is InChI=1S/C16H14F21O4P/c1-2-3-5-40-42(38,39)41-6-4-7(17,18)8(19,20)9(21,22)10(23,24)11(25,26)12(27,28)13(29,30)14(31,32)15(33,34)16(35,36)37/h2-6H2,1H3,(H,38,39). The molecule has 26 heteroatoms. The summed E-state index contributed by atoms with van der Waals surface area (Å²) in [6.07, 6.45) is -11.0. The molecule has 0 radical (unpaired) electrons. The van der Waals surface area contributed by atoms with Gasteiger partial charge in [0.2, 0.25) is 0 Å². The molecule has 1 unspecified atom stereocenters. The third-order valence-corrected chi connectivity index (χ3v) is 6.02. The number of halogens is 21. The summed E-state index contributed by atoms with van der Waals surface area (Å²) >= 11 is 0. The fourth-order valence-electron chi connectivity index (χ4n) is 2.40. The van der Waals surface area contributed by atoms with E-state index in [9.17, 15) is 96.8 Å². The van der Waals surface area contributed by atoms with E-state index in [2.05, 4.69) is 9.05 Å². The molecule has 0 aromatic rings. The summed E-state index contributed by atoms with van der Waals surface area (Å²) in [5.41, 5.74) is 0.